The summed E-state index contributed by atoms with van der Waals surface area (Å²) in [6, 6.07) is 36.2. The van der Waals surface area contributed by atoms with Crippen LogP contribution < -0.4 is 10.2 Å². The number of carbonyl (C=O) groups is 1. The van der Waals surface area contributed by atoms with Crippen molar-refractivity contribution in [2.24, 2.45) is 0 Å². The molecule has 0 aliphatic rings. The highest BCUT2D eigenvalue weighted by Gasteiger charge is 2.25. The lowest BCUT2D eigenvalue weighted by molar-refractivity contribution is 0.0576. The number of nitrogens with one attached hydrogen (secondary N) is 1. The number of rotatable bonds is 8. The third-order valence-electron chi connectivity index (χ3n) is 6.37. The van der Waals surface area contributed by atoms with Crippen molar-refractivity contribution in [1.29, 1.82) is 0 Å². The van der Waals surface area contributed by atoms with Gasteiger partial charge < -0.3 is 10.1 Å². The normalized spacial score (nSPS) is 11.5. The number of ether oxygens (including phenoxy) is 1. The summed E-state index contributed by atoms with van der Waals surface area (Å²) in [4.78, 5) is 24.6. The van der Waals surface area contributed by atoms with Crippen LogP contribution in [0, 0.1) is 0 Å². The second-order valence-electron chi connectivity index (χ2n) is 10.8. The Balaban J connectivity index is 1.52. The minimum Gasteiger partial charge on any atom is -0.443 e. The topological polar surface area (TPSA) is 67.3 Å². The number of fused-ring (bicyclic) bond motifs is 1. The molecule has 1 aromatic heterocycles. The standard InChI is InChI=1S/C35H34N4O2/c1-35(2,3)41-34(40)39(25-27-15-8-5-9-16-27)32-23-30(22-21-26-13-6-4-7-14-26)37-33(38-32)36-24-29-19-12-18-28-17-10-11-20-31(28)29/h4-23H,24-25H2,1-3H3,(H,36,37,38)/b22-21+. The molecule has 0 unspecified atom stereocenters. The molecular weight excluding hydrogens is 508 g/mol. The van der Waals surface area contributed by atoms with Crippen LogP contribution >= 0.6 is 0 Å². The fraction of sp³-hybridized carbons (Fsp3) is 0.171. The summed E-state index contributed by atoms with van der Waals surface area (Å²) in [5.74, 6) is 0.871. The molecule has 0 saturated heterocycles. The predicted octanol–water partition coefficient (Wildman–Crippen LogP) is 8.35. The average Bonchev–Trinajstić information content (AvgIpc) is 2.98. The third kappa shape index (κ3) is 7.57. The summed E-state index contributed by atoms with van der Waals surface area (Å²) in [5.41, 5.74) is 3.15. The van der Waals surface area contributed by atoms with Crippen LogP contribution in [0.1, 0.15) is 43.2 Å². The van der Waals surface area contributed by atoms with Crippen LogP contribution in [0.3, 0.4) is 0 Å². The smallest absolute Gasteiger partial charge is 0.416 e. The largest absolute Gasteiger partial charge is 0.443 e. The number of nitrogens with zero attached hydrogens (tertiary/aromatic N) is 3. The van der Waals surface area contributed by atoms with Crippen molar-refractivity contribution in [2.45, 2.75) is 39.5 Å². The van der Waals surface area contributed by atoms with Gasteiger partial charge in [0.2, 0.25) is 5.95 Å². The molecule has 41 heavy (non-hydrogen) atoms. The minimum atomic E-state index is -0.662. The molecule has 6 heteroatoms. The van der Waals surface area contributed by atoms with Gasteiger partial charge in [0, 0.05) is 12.6 Å². The van der Waals surface area contributed by atoms with Gasteiger partial charge in [-0.2, -0.15) is 4.98 Å². The van der Waals surface area contributed by atoms with Crippen LogP contribution in [0.5, 0.6) is 0 Å². The lowest BCUT2D eigenvalue weighted by Gasteiger charge is -2.27. The van der Waals surface area contributed by atoms with E-state index in [1.165, 1.54) is 10.8 Å². The molecule has 0 aliphatic heterocycles. The van der Waals surface area contributed by atoms with E-state index in [0.29, 0.717) is 30.5 Å². The molecule has 1 heterocycles. The fourth-order valence-electron chi connectivity index (χ4n) is 4.44. The molecule has 1 N–H and O–H groups in total. The van der Waals surface area contributed by atoms with E-state index in [0.717, 1.165) is 16.7 Å². The summed E-state index contributed by atoms with van der Waals surface area (Å²) in [7, 11) is 0. The highest BCUT2D eigenvalue weighted by molar-refractivity contribution is 5.88. The molecule has 0 aliphatic carbocycles. The second-order valence-corrected chi connectivity index (χ2v) is 10.8. The van der Waals surface area contributed by atoms with Gasteiger partial charge in [0.1, 0.15) is 11.4 Å². The molecular formula is C35H34N4O2. The Hall–Kier alpha value is -4.97. The summed E-state index contributed by atoms with van der Waals surface area (Å²) in [5, 5.41) is 5.74. The minimum absolute atomic E-state index is 0.303. The molecule has 0 saturated carbocycles. The summed E-state index contributed by atoms with van der Waals surface area (Å²) >= 11 is 0. The van der Waals surface area contributed by atoms with Crippen LogP contribution in [0.2, 0.25) is 0 Å². The number of hydrogen-bond donors (Lipinski definition) is 1. The lowest BCUT2D eigenvalue weighted by atomic mass is 10.0. The highest BCUT2D eigenvalue weighted by atomic mass is 16.6. The number of anilines is 2. The van der Waals surface area contributed by atoms with Crippen LogP contribution in [-0.2, 0) is 17.8 Å². The van der Waals surface area contributed by atoms with E-state index in [-0.39, 0.29) is 0 Å². The fourth-order valence-corrected chi connectivity index (χ4v) is 4.44. The van der Waals surface area contributed by atoms with Gasteiger partial charge in [0.15, 0.2) is 0 Å². The van der Waals surface area contributed by atoms with Crippen molar-refractivity contribution < 1.29 is 9.53 Å². The van der Waals surface area contributed by atoms with Gasteiger partial charge in [0.25, 0.3) is 0 Å². The first kappa shape index (κ1) is 27.6. The predicted molar refractivity (Wildman–Crippen MR) is 168 cm³/mol. The van der Waals surface area contributed by atoms with E-state index in [4.69, 9.17) is 14.7 Å². The molecule has 5 aromatic rings. The van der Waals surface area contributed by atoms with Crippen molar-refractivity contribution >= 4 is 40.8 Å². The maximum atomic E-state index is 13.5. The summed E-state index contributed by atoms with van der Waals surface area (Å²) < 4.78 is 5.80. The Morgan fingerprint density at radius 2 is 1.51 bits per heavy atom. The molecule has 5 rings (SSSR count). The molecule has 6 nitrogen and oxygen atoms in total. The van der Waals surface area contributed by atoms with Crippen molar-refractivity contribution in [1.82, 2.24) is 9.97 Å². The van der Waals surface area contributed by atoms with Gasteiger partial charge in [-0.15, -0.1) is 0 Å². The van der Waals surface area contributed by atoms with Crippen molar-refractivity contribution in [2.75, 3.05) is 10.2 Å². The van der Waals surface area contributed by atoms with Crippen molar-refractivity contribution in [3.05, 3.63) is 132 Å². The Morgan fingerprint density at radius 3 is 2.27 bits per heavy atom. The monoisotopic (exact) mass is 542 g/mol. The number of benzene rings is 4. The van der Waals surface area contributed by atoms with E-state index in [1.807, 2.05) is 112 Å². The molecule has 0 bridgehead atoms. The molecule has 206 valence electrons. The molecule has 0 fully saturated rings. The Bertz CT molecular complexity index is 1640. The summed E-state index contributed by atoms with van der Waals surface area (Å²) in [6.07, 6.45) is 3.45. The van der Waals surface area contributed by atoms with Crippen molar-refractivity contribution in [3.63, 3.8) is 0 Å². The zero-order valence-electron chi connectivity index (χ0n) is 23.6. The lowest BCUT2D eigenvalue weighted by Crippen LogP contribution is -2.37. The number of aromatic nitrogens is 2. The molecule has 1 amide bonds. The first-order valence-electron chi connectivity index (χ1n) is 13.7. The number of hydrogen-bond acceptors (Lipinski definition) is 5. The Kier molecular flexibility index (Phi) is 8.39. The van der Waals surface area contributed by atoms with Crippen LogP contribution in [0.25, 0.3) is 22.9 Å². The van der Waals surface area contributed by atoms with E-state index < -0.39 is 11.7 Å². The van der Waals surface area contributed by atoms with Crippen LogP contribution in [0.4, 0.5) is 16.6 Å². The third-order valence-corrected chi connectivity index (χ3v) is 6.37. The first-order chi connectivity index (χ1) is 19.8. The van der Waals surface area contributed by atoms with E-state index in [9.17, 15) is 4.79 Å². The maximum Gasteiger partial charge on any atom is 0.416 e. The zero-order chi connectivity index (χ0) is 28.7. The van der Waals surface area contributed by atoms with E-state index in [1.54, 1.807) is 4.90 Å². The van der Waals surface area contributed by atoms with Gasteiger partial charge in [-0.3, -0.25) is 4.90 Å². The zero-order valence-corrected chi connectivity index (χ0v) is 23.6. The van der Waals surface area contributed by atoms with Gasteiger partial charge >= 0.3 is 6.09 Å². The second kappa shape index (κ2) is 12.5. The molecule has 0 radical (unpaired) electrons. The van der Waals surface area contributed by atoms with Gasteiger partial charge in [-0.25, -0.2) is 9.78 Å². The van der Waals surface area contributed by atoms with Crippen LogP contribution in [-0.4, -0.2) is 21.7 Å². The van der Waals surface area contributed by atoms with Gasteiger partial charge in [-0.1, -0.05) is 109 Å². The van der Waals surface area contributed by atoms with Crippen LogP contribution in [0.15, 0.2) is 109 Å². The quantitative estimate of drug-likeness (QED) is 0.213. The summed E-state index contributed by atoms with van der Waals surface area (Å²) in [6.45, 7) is 6.40. The van der Waals surface area contributed by atoms with Gasteiger partial charge in [0.05, 0.1) is 12.2 Å². The van der Waals surface area contributed by atoms with Crippen molar-refractivity contribution in [3.8, 4) is 0 Å². The van der Waals surface area contributed by atoms with E-state index >= 15 is 0 Å². The average molecular weight is 543 g/mol. The van der Waals surface area contributed by atoms with Gasteiger partial charge in [-0.05, 0) is 54.3 Å². The van der Waals surface area contributed by atoms with E-state index in [2.05, 4.69) is 35.6 Å². The number of carbonyl (C=O) groups excluding carboxylic acids is 1. The Labute approximate surface area is 241 Å². The highest BCUT2D eigenvalue weighted by Crippen LogP contribution is 2.24. The first-order valence-corrected chi connectivity index (χ1v) is 13.7. The molecule has 0 atom stereocenters. The molecule has 4 aromatic carbocycles. The Morgan fingerprint density at radius 1 is 0.829 bits per heavy atom. The SMILES string of the molecule is CC(C)(C)OC(=O)N(Cc1ccccc1)c1cc(/C=C/c2ccccc2)nc(NCc2cccc3ccccc23)n1. The maximum absolute atomic E-state index is 13.5. The molecule has 0 spiro atoms. The number of amides is 1.